The van der Waals surface area contributed by atoms with Gasteiger partial charge in [-0.2, -0.15) is 26.3 Å². The minimum absolute atomic E-state index is 0.110. The molecular formula is C76H78Br3Cl8F6N9O9. The number of hydrogen-bond donors (Lipinski definition) is 5. The van der Waals surface area contributed by atoms with Gasteiger partial charge in [-0.3, -0.25) is 43.5 Å². The maximum atomic E-state index is 13.9. The van der Waals surface area contributed by atoms with E-state index in [1.165, 1.54) is 69.4 Å². The van der Waals surface area contributed by atoms with Crippen LogP contribution in [0.2, 0.25) is 40.2 Å². The molecule has 2 aliphatic rings. The van der Waals surface area contributed by atoms with E-state index in [-0.39, 0.29) is 56.8 Å². The van der Waals surface area contributed by atoms with Gasteiger partial charge in [-0.1, -0.05) is 219 Å². The first-order valence-electron chi connectivity index (χ1n) is 33.3. The number of alkyl halides is 6. The maximum absolute atomic E-state index is 13.9. The van der Waals surface area contributed by atoms with E-state index in [2.05, 4.69) is 69.1 Å². The van der Waals surface area contributed by atoms with Gasteiger partial charge in [-0.25, -0.2) is 4.79 Å². The molecule has 0 radical (unpaired) electrons. The lowest BCUT2D eigenvalue weighted by molar-refractivity contribution is -0.194. The second-order valence-electron chi connectivity index (χ2n) is 28.6. The van der Waals surface area contributed by atoms with E-state index in [0.29, 0.717) is 53.2 Å². The fourth-order valence-electron chi connectivity index (χ4n) is 12.0. The van der Waals surface area contributed by atoms with Crippen LogP contribution < -0.4 is 36.8 Å². The zero-order chi connectivity index (χ0) is 83.6. The smallest absolute Gasteiger partial charge is 0.354 e. The minimum atomic E-state index is -5.17. The van der Waals surface area contributed by atoms with E-state index >= 15 is 0 Å². The number of carbonyl (C=O) groups excluding carboxylic acids is 7. The zero-order valence-corrected chi connectivity index (χ0v) is 72.3. The van der Waals surface area contributed by atoms with Crippen LogP contribution in [0.15, 0.2) is 159 Å². The third-order valence-electron chi connectivity index (χ3n) is 17.0. The number of amides is 8. The van der Waals surface area contributed by atoms with Crippen LogP contribution in [0.3, 0.4) is 0 Å². The Morgan fingerprint density at radius 3 is 1.23 bits per heavy atom. The normalized spacial score (nSPS) is 17.6. The molecule has 7 aromatic rings. The van der Waals surface area contributed by atoms with Crippen molar-refractivity contribution in [1.29, 1.82) is 0 Å². The van der Waals surface area contributed by atoms with Crippen LogP contribution >= 0.6 is 141 Å². The third kappa shape index (κ3) is 25.7. The molecule has 9 rings (SSSR count). The molecule has 2 fully saturated rings. The molecule has 8 amide bonds. The summed E-state index contributed by atoms with van der Waals surface area (Å²) in [7, 11) is 2.93. The molecule has 0 unspecified atom stereocenters. The molecule has 7 aromatic carbocycles. The van der Waals surface area contributed by atoms with Gasteiger partial charge in [0.15, 0.2) is 6.29 Å². The standard InChI is InChI=1S/C23H22BrCl2F3N2O2.C21H24BrCl2N3O4.C16H15BrCl2N2O.C16H17Cl2F3N2O2/c1-21(2,3)18-30(17-10-15(25)9-16(26)11-17)19(32)22(4,31(18)20(33)23(27,28)29)12-13-5-7-14(24)8-6-13;1-21(11-13-4-6-14(22)7-5-13,27-20(29)25-12-18(30-2)31-3)19(28)26-17-9-15(23)8-16(24)10-17;1-16(20,9-10-2-4-11(17)5-3-10)15(22)21-14-7-12(18)6-13(19)8-14;1-8-12(24)23(11-6-9(17)5-10(18)7-11)13(15(2,3)4)22(8)14(25)16(19,20)21/h5-11,18H,12H2,1-4H3;4-10,18H,11-12H2,1-3H3,(H,26,28)(H2,25,27,29);2-8H,9,20H2,1H3,(H,21,22);5-8,13H,1-4H3/t18-,22-;21-;16-;8-,13+/m1111/s1. The summed E-state index contributed by atoms with van der Waals surface area (Å²) in [5.41, 5.74) is 4.07. The summed E-state index contributed by atoms with van der Waals surface area (Å²) < 4.78 is 93.4. The van der Waals surface area contributed by atoms with Crippen LogP contribution in [-0.4, -0.2) is 126 Å². The van der Waals surface area contributed by atoms with Crippen molar-refractivity contribution in [2.45, 2.75) is 142 Å². The number of anilines is 4. The zero-order valence-electron chi connectivity index (χ0n) is 61.5. The fraction of sp³-hybridized carbons (Fsp3) is 0.355. The molecule has 35 heteroatoms. The van der Waals surface area contributed by atoms with Crippen molar-refractivity contribution in [3.63, 3.8) is 0 Å². The Morgan fingerprint density at radius 1 is 0.514 bits per heavy atom. The first kappa shape index (κ1) is 93.7. The summed E-state index contributed by atoms with van der Waals surface area (Å²) in [6.45, 7) is 16.1. The molecule has 2 heterocycles. The van der Waals surface area contributed by atoms with Crippen LogP contribution in [-0.2, 0) is 57.5 Å². The number of urea groups is 1. The molecule has 6 N–H and O–H groups in total. The molecule has 0 bridgehead atoms. The number of ether oxygens (including phenoxy) is 2. The number of benzene rings is 7. The van der Waals surface area contributed by atoms with Gasteiger partial charge in [-0.15, -0.1) is 0 Å². The molecule has 2 saturated heterocycles. The monoisotopic (exact) mass is 1890 g/mol. The molecule has 0 saturated carbocycles. The Balaban J connectivity index is 0.000000234. The maximum Gasteiger partial charge on any atom is 0.471 e. The molecule has 2 aliphatic heterocycles. The van der Waals surface area contributed by atoms with Gasteiger partial charge in [-0.05, 0) is 160 Å². The van der Waals surface area contributed by atoms with E-state index in [1.54, 1.807) is 116 Å². The highest BCUT2D eigenvalue weighted by Gasteiger charge is 2.64. The van der Waals surface area contributed by atoms with Gasteiger partial charge in [0.05, 0.1) is 12.1 Å². The number of nitrogens with two attached hydrogens (primary N) is 1. The van der Waals surface area contributed by atoms with Crippen molar-refractivity contribution in [3.05, 3.63) is 216 Å². The Hall–Kier alpha value is -6.15. The summed E-state index contributed by atoms with van der Waals surface area (Å²) in [5, 5.41) is 13.5. The highest BCUT2D eigenvalue weighted by Crippen LogP contribution is 2.48. The number of halogens is 17. The Bertz CT molecular complexity index is 4450. The van der Waals surface area contributed by atoms with Gasteiger partial charge in [0.25, 0.3) is 11.8 Å². The summed E-state index contributed by atoms with van der Waals surface area (Å²) in [5.74, 6) is -6.14. The minimum Gasteiger partial charge on any atom is -0.354 e. The average Bonchev–Trinajstić information content (AvgIpc) is 1.56. The lowest BCUT2D eigenvalue weighted by Gasteiger charge is -2.42. The number of hydrogen-bond acceptors (Lipinski definition) is 10. The first-order valence-corrected chi connectivity index (χ1v) is 38.7. The van der Waals surface area contributed by atoms with Gasteiger partial charge in [0.1, 0.15) is 29.5 Å². The predicted octanol–water partition coefficient (Wildman–Crippen LogP) is 20.6. The topological polar surface area (TPSA) is 225 Å². The van der Waals surface area contributed by atoms with E-state index in [9.17, 15) is 59.9 Å². The molecule has 0 aromatic heterocycles. The molecule has 6 atom stereocenters. The van der Waals surface area contributed by atoms with Crippen LogP contribution in [0.25, 0.3) is 0 Å². The van der Waals surface area contributed by atoms with E-state index in [0.717, 1.165) is 29.4 Å². The molecular weight excluding hydrogens is 1820 g/mol. The Kier molecular flexibility index (Phi) is 32.5. The summed E-state index contributed by atoms with van der Waals surface area (Å²) in [6.07, 6.45) is -12.7. The summed E-state index contributed by atoms with van der Waals surface area (Å²) in [6, 6.07) is 38.4. The summed E-state index contributed by atoms with van der Waals surface area (Å²) >= 11 is 58.2. The van der Waals surface area contributed by atoms with Gasteiger partial charge < -0.3 is 41.4 Å². The predicted molar refractivity (Wildman–Crippen MR) is 437 cm³/mol. The third-order valence-corrected chi connectivity index (χ3v) is 20.3. The number of nitrogens with zero attached hydrogens (tertiary/aromatic N) is 4. The first-order chi connectivity index (χ1) is 51.2. The quantitative estimate of drug-likeness (QED) is 0.0428. The van der Waals surface area contributed by atoms with Crippen molar-refractivity contribution in [3.8, 4) is 0 Å². The van der Waals surface area contributed by atoms with E-state index in [4.69, 9.17) is 108 Å². The molecule has 0 spiro atoms. The lowest BCUT2D eigenvalue weighted by atomic mass is 9.87. The highest BCUT2D eigenvalue weighted by molar-refractivity contribution is 9.11. The van der Waals surface area contributed by atoms with Crippen molar-refractivity contribution in [2.75, 3.05) is 41.2 Å². The number of nitrogens with one attached hydrogen (secondary N) is 4. The van der Waals surface area contributed by atoms with Crippen molar-refractivity contribution in [1.82, 2.24) is 20.4 Å². The average molecular weight is 1900 g/mol. The lowest BCUT2D eigenvalue weighted by Crippen LogP contribution is -2.59. The largest absolute Gasteiger partial charge is 0.471 e. The number of rotatable bonds is 17. The van der Waals surface area contributed by atoms with Crippen molar-refractivity contribution < 1.29 is 69.4 Å². The second-order valence-corrected chi connectivity index (χ2v) is 34.8. The highest BCUT2D eigenvalue weighted by atomic mass is 79.9. The van der Waals surface area contributed by atoms with Crippen LogP contribution in [0, 0.1) is 10.8 Å². The number of carbonyl (C=O) groups is 7. The molecule has 111 heavy (non-hydrogen) atoms. The molecule has 0 aliphatic carbocycles. The van der Waals surface area contributed by atoms with Crippen molar-refractivity contribution in [2.24, 2.45) is 16.6 Å². The Morgan fingerprint density at radius 2 is 0.865 bits per heavy atom. The van der Waals surface area contributed by atoms with Crippen LogP contribution in [0.4, 0.5) is 53.9 Å². The van der Waals surface area contributed by atoms with E-state index < -0.39 is 100 Å². The van der Waals surface area contributed by atoms with Gasteiger partial charge in [0.2, 0.25) is 11.8 Å². The van der Waals surface area contributed by atoms with Crippen molar-refractivity contribution >= 4 is 205 Å². The summed E-state index contributed by atoms with van der Waals surface area (Å²) in [4.78, 5) is 93.1. The van der Waals surface area contributed by atoms with Gasteiger partial charge in [0, 0.05) is 114 Å². The SMILES string of the molecule is CC(C)(C)[C@@H]1N(c2cc(Cl)cc(Cl)c2)C(=O)[C@@](C)(Cc2ccc(Br)cc2)N1C(=O)C(F)(F)F.COC(CNC(=O)N[C@](C)(Cc1ccc(Br)cc1)C(=O)Nc1cc(Cl)cc(Cl)c1)OC.C[C@@H]1C(=O)N(c2cc(Cl)cc(Cl)c2)[C@@H](C(C)(C)C)N1C(=O)C(F)(F)F.C[C@@](N)(Cc1ccc(Br)cc1)C(=O)Nc1cc(Cl)cc(Cl)c1. The van der Waals surface area contributed by atoms with E-state index in [1.807, 2.05) is 48.5 Å². The Labute approximate surface area is 704 Å². The molecule has 18 nitrogen and oxygen atoms in total. The fourth-order valence-corrected chi connectivity index (χ4v) is 14.9. The second kappa shape index (κ2) is 38.5. The van der Waals surface area contributed by atoms with Gasteiger partial charge >= 0.3 is 30.2 Å². The van der Waals surface area contributed by atoms with Crippen LogP contribution in [0.5, 0.6) is 0 Å². The molecule has 600 valence electrons. The number of methoxy groups -OCH3 is 2. The van der Waals surface area contributed by atoms with Crippen LogP contribution in [0.1, 0.15) is 85.9 Å².